The average Bonchev–Trinajstić information content (AvgIpc) is 2.88. The van der Waals surface area contributed by atoms with Gasteiger partial charge >= 0.3 is 0 Å². The summed E-state index contributed by atoms with van der Waals surface area (Å²) in [5.41, 5.74) is 3.00. The van der Waals surface area contributed by atoms with Crippen LogP contribution in [0.15, 0.2) is 67.0 Å². The summed E-state index contributed by atoms with van der Waals surface area (Å²) in [5.74, 6) is -0.158. The molecule has 3 heterocycles. The van der Waals surface area contributed by atoms with E-state index in [9.17, 15) is 14.0 Å². The van der Waals surface area contributed by atoms with Gasteiger partial charge < -0.3 is 10.2 Å². The lowest BCUT2D eigenvalue weighted by molar-refractivity contribution is 0.0705. The van der Waals surface area contributed by atoms with E-state index in [2.05, 4.69) is 15.3 Å². The van der Waals surface area contributed by atoms with Gasteiger partial charge in [0.15, 0.2) is 0 Å². The third kappa shape index (κ3) is 6.00. The van der Waals surface area contributed by atoms with Crippen LogP contribution in [0.5, 0.6) is 0 Å². The summed E-state index contributed by atoms with van der Waals surface area (Å²) in [4.78, 5) is 35.5. The Morgan fingerprint density at radius 2 is 1.79 bits per heavy atom. The van der Waals surface area contributed by atoms with Crippen LogP contribution in [-0.2, 0) is 6.42 Å². The SMILES string of the molecule is O=C(NCCCc1ccc(F)cc1)c1ccc(C2CCN(C(=O)c3ccccn3)CC2)nc1. The van der Waals surface area contributed by atoms with Crippen LogP contribution in [0.25, 0.3) is 0 Å². The molecule has 4 rings (SSSR count). The van der Waals surface area contributed by atoms with Crippen molar-refractivity contribution in [2.45, 2.75) is 31.6 Å². The molecule has 0 radical (unpaired) electrons. The number of benzene rings is 1. The van der Waals surface area contributed by atoms with Crippen molar-refractivity contribution in [3.05, 3.63) is 95.3 Å². The van der Waals surface area contributed by atoms with Gasteiger partial charge in [-0.25, -0.2) is 4.39 Å². The second-order valence-electron chi connectivity index (χ2n) is 8.24. The zero-order valence-electron chi connectivity index (χ0n) is 18.4. The highest BCUT2D eigenvalue weighted by molar-refractivity contribution is 5.94. The molecule has 0 unspecified atom stereocenters. The van der Waals surface area contributed by atoms with Crippen molar-refractivity contribution in [3.63, 3.8) is 0 Å². The van der Waals surface area contributed by atoms with Crippen molar-refractivity contribution >= 4 is 11.8 Å². The molecule has 1 aliphatic heterocycles. The van der Waals surface area contributed by atoms with Gasteiger partial charge in [-0.15, -0.1) is 0 Å². The molecule has 3 aromatic rings. The highest BCUT2D eigenvalue weighted by atomic mass is 19.1. The second kappa shape index (κ2) is 10.8. The van der Waals surface area contributed by atoms with E-state index in [0.717, 1.165) is 36.9 Å². The second-order valence-corrected chi connectivity index (χ2v) is 8.24. The number of amides is 2. The number of nitrogens with zero attached hydrogens (tertiary/aromatic N) is 3. The first-order valence-electron chi connectivity index (χ1n) is 11.3. The summed E-state index contributed by atoms with van der Waals surface area (Å²) in [6.07, 6.45) is 6.47. The van der Waals surface area contributed by atoms with E-state index >= 15 is 0 Å². The Morgan fingerprint density at radius 3 is 2.45 bits per heavy atom. The fraction of sp³-hybridized carbons (Fsp3) is 0.308. The van der Waals surface area contributed by atoms with Crippen molar-refractivity contribution in [3.8, 4) is 0 Å². The number of piperidine rings is 1. The van der Waals surface area contributed by atoms with Crippen LogP contribution >= 0.6 is 0 Å². The van der Waals surface area contributed by atoms with Crippen molar-refractivity contribution in [1.82, 2.24) is 20.2 Å². The summed E-state index contributed by atoms with van der Waals surface area (Å²) in [7, 11) is 0. The smallest absolute Gasteiger partial charge is 0.272 e. The molecule has 170 valence electrons. The van der Waals surface area contributed by atoms with E-state index in [1.807, 2.05) is 23.1 Å². The number of hydrogen-bond donors (Lipinski definition) is 1. The molecule has 0 saturated carbocycles. The molecular weight excluding hydrogens is 419 g/mol. The van der Waals surface area contributed by atoms with Crippen LogP contribution in [0.2, 0.25) is 0 Å². The third-order valence-electron chi connectivity index (χ3n) is 5.97. The van der Waals surface area contributed by atoms with Crippen molar-refractivity contribution in [1.29, 1.82) is 0 Å². The predicted molar refractivity (Wildman–Crippen MR) is 123 cm³/mol. The van der Waals surface area contributed by atoms with Crippen molar-refractivity contribution < 1.29 is 14.0 Å². The summed E-state index contributed by atoms with van der Waals surface area (Å²) < 4.78 is 12.9. The number of carbonyl (C=O) groups is 2. The number of nitrogens with one attached hydrogen (secondary N) is 1. The molecule has 1 N–H and O–H groups in total. The monoisotopic (exact) mass is 446 g/mol. The van der Waals surface area contributed by atoms with Gasteiger partial charge in [-0.1, -0.05) is 18.2 Å². The van der Waals surface area contributed by atoms with Crippen molar-refractivity contribution in [2.75, 3.05) is 19.6 Å². The minimum atomic E-state index is -0.244. The first-order valence-corrected chi connectivity index (χ1v) is 11.3. The largest absolute Gasteiger partial charge is 0.352 e. The molecule has 0 atom stereocenters. The quantitative estimate of drug-likeness (QED) is 0.557. The number of halogens is 1. The highest BCUT2D eigenvalue weighted by Gasteiger charge is 2.25. The van der Waals surface area contributed by atoms with Gasteiger partial charge in [0.2, 0.25) is 0 Å². The van der Waals surface area contributed by atoms with Gasteiger partial charge in [0.05, 0.1) is 5.56 Å². The van der Waals surface area contributed by atoms with E-state index in [1.165, 1.54) is 12.1 Å². The van der Waals surface area contributed by atoms with Crippen LogP contribution in [0.3, 0.4) is 0 Å². The number of aryl methyl sites for hydroxylation is 1. The predicted octanol–water partition coefficient (Wildman–Crippen LogP) is 4.00. The average molecular weight is 447 g/mol. The maximum Gasteiger partial charge on any atom is 0.272 e. The topological polar surface area (TPSA) is 75.2 Å². The lowest BCUT2D eigenvalue weighted by Crippen LogP contribution is -2.38. The fourth-order valence-corrected chi connectivity index (χ4v) is 4.06. The highest BCUT2D eigenvalue weighted by Crippen LogP contribution is 2.27. The molecule has 7 heteroatoms. The third-order valence-corrected chi connectivity index (χ3v) is 5.97. The Morgan fingerprint density at radius 1 is 1.00 bits per heavy atom. The summed E-state index contributed by atoms with van der Waals surface area (Å²) in [6.45, 7) is 1.87. The Kier molecular flexibility index (Phi) is 7.40. The molecule has 0 aliphatic carbocycles. The maximum absolute atomic E-state index is 12.9. The van der Waals surface area contributed by atoms with E-state index < -0.39 is 0 Å². The van der Waals surface area contributed by atoms with Crippen LogP contribution < -0.4 is 5.32 Å². The Bertz CT molecular complexity index is 1060. The zero-order chi connectivity index (χ0) is 23.0. The van der Waals surface area contributed by atoms with Crippen LogP contribution in [0, 0.1) is 5.82 Å². The molecule has 6 nitrogen and oxygen atoms in total. The van der Waals surface area contributed by atoms with Crippen LogP contribution in [0.1, 0.15) is 57.3 Å². The lowest BCUT2D eigenvalue weighted by Gasteiger charge is -2.31. The lowest BCUT2D eigenvalue weighted by atomic mass is 9.92. The van der Waals surface area contributed by atoms with E-state index in [1.54, 1.807) is 36.7 Å². The number of likely N-dealkylation sites (tertiary alicyclic amines) is 1. The van der Waals surface area contributed by atoms with E-state index in [0.29, 0.717) is 30.9 Å². The molecule has 1 aliphatic rings. The number of hydrogen-bond acceptors (Lipinski definition) is 4. The molecule has 1 saturated heterocycles. The van der Waals surface area contributed by atoms with Gasteiger partial charge in [0.25, 0.3) is 11.8 Å². The Labute approximate surface area is 192 Å². The first kappa shape index (κ1) is 22.6. The van der Waals surface area contributed by atoms with Gasteiger partial charge in [-0.3, -0.25) is 19.6 Å². The van der Waals surface area contributed by atoms with Gasteiger partial charge in [0.1, 0.15) is 11.5 Å². The molecule has 0 spiro atoms. The summed E-state index contributed by atoms with van der Waals surface area (Å²) in [6, 6.07) is 15.5. The Balaban J connectivity index is 1.22. The standard InChI is InChI=1S/C26H27FN4O2/c27-22-9-6-19(7-10-22)4-3-15-29-25(32)21-8-11-23(30-18-21)20-12-16-31(17-13-20)26(33)24-5-1-2-14-28-24/h1-2,5-11,14,18,20H,3-4,12-13,15-17H2,(H,29,32). The molecule has 2 amide bonds. The molecule has 2 aromatic heterocycles. The van der Waals surface area contributed by atoms with Gasteiger partial charge in [0, 0.05) is 43.6 Å². The normalized spacial score (nSPS) is 14.2. The number of rotatable bonds is 7. The summed E-state index contributed by atoms with van der Waals surface area (Å²) in [5, 5.41) is 2.91. The zero-order valence-corrected chi connectivity index (χ0v) is 18.4. The summed E-state index contributed by atoms with van der Waals surface area (Å²) >= 11 is 0. The van der Waals surface area contributed by atoms with Gasteiger partial charge in [-0.2, -0.15) is 0 Å². The number of pyridine rings is 2. The first-order chi connectivity index (χ1) is 16.1. The fourth-order valence-electron chi connectivity index (χ4n) is 4.06. The van der Waals surface area contributed by atoms with Gasteiger partial charge in [-0.05, 0) is 67.6 Å². The molecule has 1 fully saturated rings. The minimum Gasteiger partial charge on any atom is -0.352 e. The van der Waals surface area contributed by atoms with E-state index in [4.69, 9.17) is 0 Å². The molecule has 33 heavy (non-hydrogen) atoms. The maximum atomic E-state index is 12.9. The van der Waals surface area contributed by atoms with E-state index in [-0.39, 0.29) is 23.5 Å². The van der Waals surface area contributed by atoms with Crippen molar-refractivity contribution in [2.24, 2.45) is 0 Å². The Hall–Kier alpha value is -3.61. The number of aromatic nitrogens is 2. The molecule has 0 bridgehead atoms. The minimum absolute atomic E-state index is 0.0338. The van der Waals surface area contributed by atoms with Crippen LogP contribution in [0.4, 0.5) is 4.39 Å². The molecule has 1 aromatic carbocycles. The number of carbonyl (C=O) groups excluding carboxylic acids is 2. The molecular formula is C26H27FN4O2. The van der Waals surface area contributed by atoms with Crippen LogP contribution in [-0.4, -0.2) is 46.3 Å².